The van der Waals surface area contributed by atoms with Gasteiger partial charge < -0.3 is 5.32 Å². The first kappa shape index (κ1) is 13.1. The van der Waals surface area contributed by atoms with Gasteiger partial charge in [0.1, 0.15) is 0 Å². The van der Waals surface area contributed by atoms with Crippen LogP contribution in [0.5, 0.6) is 0 Å². The molecule has 17 heavy (non-hydrogen) atoms. The first-order valence-electron chi connectivity index (χ1n) is 6.40. The van der Waals surface area contributed by atoms with Gasteiger partial charge in [-0.15, -0.1) is 0 Å². The Labute approximate surface area is 112 Å². The van der Waals surface area contributed by atoms with Gasteiger partial charge in [-0.3, -0.25) is 4.68 Å². The molecule has 1 aromatic heterocycles. The molecule has 0 bridgehead atoms. The molecule has 1 N–H and O–H groups in total. The van der Waals surface area contributed by atoms with E-state index in [2.05, 4.69) is 47.4 Å². The summed E-state index contributed by atoms with van der Waals surface area (Å²) in [6.45, 7) is 3.18. The van der Waals surface area contributed by atoms with E-state index in [9.17, 15) is 0 Å². The van der Waals surface area contributed by atoms with Crippen molar-refractivity contribution in [3.05, 3.63) is 15.9 Å². The maximum Gasteiger partial charge on any atom is 0.0738 e. The first-order chi connectivity index (χ1) is 8.08. The van der Waals surface area contributed by atoms with Crippen LogP contribution in [0.15, 0.2) is 4.47 Å². The summed E-state index contributed by atoms with van der Waals surface area (Å²) in [5, 5.41) is 7.86. The Morgan fingerprint density at radius 3 is 2.53 bits per heavy atom. The van der Waals surface area contributed by atoms with Gasteiger partial charge in [-0.2, -0.15) is 5.10 Å². The summed E-state index contributed by atoms with van der Waals surface area (Å²) >= 11 is 3.68. The lowest BCUT2D eigenvalue weighted by atomic mass is 9.81. The molecule has 0 amide bonds. The van der Waals surface area contributed by atoms with E-state index in [4.69, 9.17) is 0 Å². The summed E-state index contributed by atoms with van der Waals surface area (Å²) < 4.78 is 3.23. The lowest BCUT2D eigenvalue weighted by Gasteiger charge is -2.29. The van der Waals surface area contributed by atoms with E-state index in [1.54, 1.807) is 0 Å². The molecule has 0 aliphatic heterocycles. The second kappa shape index (κ2) is 5.11. The van der Waals surface area contributed by atoms with E-state index in [-0.39, 0.29) is 0 Å². The summed E-state index contributed by atoms with van der Waals surface area (Å²) in [7, 11) is 4.11. The minimum atomic E-state index is 0.442. The smallest absolute Gasteiger partial charge is 0.0738 e. The SMILES string of the molecule is CNCC1(Cc2c(Br)c(C)nn2C)CCCC1. The third kappa shape index (κ3) is 2.58. The molecule has 1 saturated carbocycles. The maximum atomic E-state index is 4.49. The van der Waals surface area contributed by atoms with Crippen LogP contribution in [0.2, 0.25) is 0 Å². The topological polar surface area (TPSA) is 29.9 Å². The molecule has 1 aromatic rings. The Morgan fingerprint density at radius 2 is 2.06 bits per heavy atom. The van der Waals surface area contributed by atoms with Crippen LogP contribution < -0.4 is 5.32 Å². The number of hydrogen-bond donors (Lipinski definition) is 1. The van der Waals surface area contributed by atoms with Gasteiger partial charge in [-0.1, -0.05) is 12.8 Å². The number of halogens is 1. The molecule has 0 atom stereocenters. The zero-order valence-electron chi connectivity index (χ0n) is 11.0. The monoisotopic (exact) mass is 299 g/mol. The fourth-order valence-corrected chi connectivity index (χ4v) is 3.62. The third-order valence-electron chi connectivity index (χ3n) is 4.02. The van der Waals surface area contributed by atoms with Gasteiger partial charge in [-0.25, -0.2) is 0 Å². The Hall–Kier alpha value is -0.350. The maximum absolute atomic E-state index is 4.49. The molecule has 2 rings (SSSR count). The molecule has 0 radical (unpaired) electrons. The Kier molecular flexibility index (Phi) is 3.93. The average Bonchev–Trinajstić information content (AvgIpc) is 2.82. The molecule has 0 aromatic carbocycles. The summed E-state index contributed by atoms with van der Waals surface area (Å²) in [6.07, 6.45) is 6.55. The van der Waals surface area contributed by atoms with Crippen LogP contribution in [0, 0.1) is 12.3 Å². The molecule has 96 valence electrons. The van der Waals surface area contributed by atoms with Crippen molar-refractivity contribution in [3.63, 3.8) is 0 Å². The van der Waals surface area contributed by atoms with E-state index >= 15 is 0 Å². The molecule has 1 heterocycles. The molecule has 3 nitrogen and oxygen atoms in total. The minimum Gasteiger partial charge on any atom is -0.319 e. The molecule has 0 saturated heterocycles. The fraction of sp³-hybridized carbons (Fsp3) is 0.769. The van der Waals surface area contributed by atoms with Crippen molar-refractivity contribution in [3.8, 4) is 0 Å². The normalized spacial score (nSPS) is 18.8. The van der Waals surface area contributed by atoms with Crippen molar-refractivity contribution in [1.29, 1.82) is 0 Å². The highest BCUT2D eigenvalue weighted by Gasteiger charge is 2.35. The van der Waals surface area contributed by atoms with Crippen molar-refractivity contribution >= 4 is 15.9 Å². The molecular weight excluding hydrogens is 278 g/mol. The van der Waals surface area contributed by atoms with Crippen LogP contribution in [-0.4, -0.2) is 23.4 Å². The highest BCUT2D eigenvalue weighted by molar-refractivity contribution is 9.10. The van der Waals surface area contributed by atoms with Gasteiger partial charge in [0.05, 0.1) is 15.9 Å². The standard InChI is InChI=1S/C13H22BrN3/c1-10-12(14)11(17(3)16-10)8-13(9-15-2)6-4-5-7-13/h15H,4-9H2,1-3H3. The zero-order valence-corrected chi connectivity index (χ0v) is 12.6. The third-order valence-corrected chi connectivity index (χ3v) is 5.05. The Bertz CT molecular complexity index is 392. The summed E-state index contributed by atoms with van der Waals surface area (Å²) in [5.74, 6) is 0. The van der Waals surface area contributed by atoms with Crippen LogP contribution in [0.4, 0.5) is 0 Å². The number of aryl methyl sites for hydroxylation is 2. The second-order valence-electron chi connectivity index (χ2n) is 5.38. The average molecular weight is 300 g/mol. The molecule has 1 aliphatic rings. The highest BCUT2D eigenvalue weighted by Crippen LogP contribution is 2.41. The van der Waals surface area contributed by atoms with Gasteiger partial charge in [0.25, 0.3) is 0 Å². The quantitative estimate of drug-likeness (QED) is 0.926. The van der Waals surface area contributed by atoms with Crippen LogP contribution in [-0.2, 0) is 13.5 Å². The molecular formula is C13H22BrN3. The van der Waals surface area contributed by atoms with Crippen LogP contribution in [0.3, 0.4) is 0 Å². The van der Waals surface area contributed by atoms with E-state index in [1.165, 1.54) is 35.8 Å². The predicted molar refractivity (Wildman–Crippen MR) is 74.2 cm³/mol. The van der Waals surface area contributed by atoms with Crippen molar-refractivity contribution < 1.29 is 0 Å². The number of nitrogens with zero attached hydrogens (tertiary/aromatic N) is 2. The van der Waals surface area contributed by atoms with Crippen LogP contribution in [0.25, 0.3) is 0 Å². The Balaban J connectivity index is 2.23. The van der Waals surface area contributed by atoms with Crippen LogP contribution in [0.1, 0.15) is 37.1 Å². The van der Waals surface area contributed by atoms with Crippen molar-refractivity contribution in [2.24, 2.45) is 12.5 Å². The summed E-state index contributed by atoms with van der Waals surface area (Å²) in [5.41, 5.74) is 2.89. The van der Waals surface area contributed by atoms with Gasteiger partial charge in [-0.05, 0) is 54.6 Å². The largest absolute Gasteiger partial charge is 0.319 e. The van der Waals surface area contributed by atoms with Crippen molar-refractivity contribution in [2.45, 2.75) is 39.0 Å². The first-order valence-corrected chi connectivity index (χ1v) is 7.20. The van der Waals surface area contributed by atoms with Crippen molar-refractivity contribution in [1.82, 2.24) is 15.1 Å². The van der Waals surface area contributed by atoms with Crippen molar-refractivity contribution in [2.75, 3.05) is 13.6 Å². The lowest BCUT2D eigenvalue weighted by Crippen LogP contribution is -2.32. The minimum absolute atomic E-state index is 0.442. The number of aromatic nitrogens is 2. The van der Waals surface area contributed by atoms with E-state index in [1.807, 2.05) is 4.68 Å². The number of rotatable bonds is 4. The van der Waals surface area contributed by atoms with E-state index < -0.39 is 0 Å². The highest BCUT2D eigenvalue weighted by atomic mass is 79.9. The fourth-order valence-electron chi connectivity index (χ4n) is 3.14. The Morgan fingerprint density at radius 1 is 1.41 bits per heavy atom. The van der Waals surface area contributed by atoms with Gasteiger partial charge >= 0.3 is 0 Å². The second-order valence-corrected chi connectivity index (χ2v) is 6.18. The molecule has 1 fully saturated rings. The lowest BCUT2D eigenvalue weighted by molar-refractivity contribution is 0.279. The van der Waals surface area contributed by atoms with E-state index in [0.29, 0.717) is 5.41 Å². The number of nitrogens with one attached hydrogen (secondary N) is 1. The van der Waals surface area contributed by atoms with Gasteiger partial charge in [0.15, 0.2) is 0 Å². The van der Waals surface area contributed by atoms with Gasteiger partial charge in [0.2, 0.25) is 0 Å². The molecule has 0 spiro atoms. The van der Waals surface area contributed by atoms with Gasteiger partial charge in [0, 0.05) is 13.6 Å². The molecule has 1 aliphatic carbocycles. The summed E-state index contributed by atoms with van der Waals surface area (Å²) in [6, 6.07) is 0. The van der Waals surface area contributed by atoms with Crippen LogP contribution >= 0.6 is 15.9 Å². The number of hydrogen-bond acceptors (Lipinski definition) is 2. The predicted octanol–water partition coefficient (Wildman–Crippen LogP) is 2.81. The zero-order chi connectivity index (χ0) is 12.5. The summed E-state index contributed by atoms with van der Waals surface area (Å²) in [4.78, 5) is 0. The molecule has 0 unspecified atom stereocenters. The molecule has 4 heteroatoms. The van der Waals surface area contributed by atoms with E-state index in [0.717, 1.165) is 18.7 Å².